The molecule has 19 nitrogen and oxygen atoms in total. The normalized spacial score (nSPS) is 28.0. The lowest BCUT2D eigenvalue weighted by molar-refractivity contribution is -0.337. The number of amidine groups is 1. The maximum Gasteiger partial charge on any atom is 0.336 e. The van der Waals surface area contributed by atoms with Gasteiger partial charge in [0.15, 0.2) is 41.1 Å². The van der Waals surface area contributed by atoms with Gasteiger partial charge >= 0.3 is 11.8 Å². The number of carboxylic acid groups (broad SMARTS) is 1. The van der Waals surface area contributed by atoms with Gasteiger partial charge in [-0.15, -0.1) is 0 Å². The zero-order chi connectivity index (χ0) is 44.1. The first-order valence-corrected chi connectivity index (χ1v) is 19.4. The lowest BCUT2D eigenvalue weighted by atomic mass is 9.64. The summed E-state index contributed by atoms with van der Waals surface area (Å²) < 4.78 is 30.0. The summed E-state index contributed by atoms with van der Waals surface area (Å²) in [5, 5.41) is 106. The zero-order valence-electron chi connectivity index (χ0n) is 32.8. The Hall–Kier alpha value is -6.61. The number of nitrogens with two attached hydrogens (primary N) is 1. The number of aliphatic hydroxyl groups is 6. The molecule has 1 aliphatic carbocycles. The summed E-state index contributed by atoms with van der Waals surface area (Å²) in [4.78, 5) is 24.8. The molecule has 0 saturated carbocycles. The fourth-order valence-corrected chi connectivity index (χ4v) is 8.01. The number of fused-ring (bicyclic) bond motifs is 3. The third kappa shape index (κ3) is 7.44. The number of phenolic OH excluding ortho intramolecular Hbond substituents is 2. The van der Waals surface area contributed by atoms with Crippen molar-refractivity contribution in [3.63, 3.8) is 0 Å². The van der Waals surface area contributed by atoms with Crippen molar-refractivity contribution in [1.82, 2.24) is 0 Å². The smallest absolute Gasteiger partial charge is 0.336 e. The van der Waals surface area contributed by atoms with E-state index >= 15 is 0 Å². The Labute approximate surface area is 352 Å². The molecule has 1 fully saturated rings. The molecule has 8 rings (SSSR count). The number of aliphatic imine (C=N–C) groups is 3. The van der Waals surface area contributed by atoms with Crippen LogP contribution >= 0.6 is 0 Å². The number of ether oxygens (including phenoxy) is 5. The largest absolute Gasteiger partial charge is 0.508 e. The Morgan fingerprint density at radius 1 is 1.06 bits per heavy atom. The van der Waals surface area contributed by atoms with Crippen molar-refractivity contribution in [3.8, 4) is 34.5 Å². The van der Waals surface area contributed by atoms with Gasteiger partial charge in [-0.3, -0.25) is 10.4 Å². The lowest BCUT2D eigenvalue weighted by Crippen LogP contribution is -2.78. The van der Waals surface area contributed by atoms with Gasteiger partial charge in [0.25, 0.3) is 0 Å². The third-order valence-electron chi connectivity index (χ3n) is 11.2. The van der Waals surface area contributed by atoms with Crippen LogP contribution in [0.5, 0.6) is 34.5 Å². The SMILES string of the molecule is CCc1cc(O)cc(COc2c(O[C@@H]3O[C@H](C(=O)O)[C@]4(O)[C@H](C5=NC=NC5)C=C[C@@]3(O)[C@@H]4O)cc3c(c2O)C(O)=CC(c2ccc(O[C@H](CO)[C@H](O)C4=NC(=[NH2+])C=C4)cc2)O3)c1. The average molecular weight is 856 g/mol. The second-order valence-electron chi connectivity index (χ2n) is 15.2. The number of aryl methyl sites for hydroxylation is 1. The van der Waals surface area contributed by atoms with Crippen LogP contribution in [0.25, 0.3) is 5.76 Å². The van der Waals surface area contributed by atoms with Crippen molar-refractivity contribution in [2.24, 2.45) is 20.9 Å². The number of phenols is 2. The summed E-state index contributed by atoms with van der Waals surface area (Å²) in [5.74, 6) is -4.67. The van der Waals surface area contributed by atoms with Crippen LogP contribution < -0.4 is 24.4 Å². The number of rotatable bonds is 14. The van der Waals surface area contributed by atoms with Crippen molar-refractivity contribution in [2.45, 2.75) is 68.0 Å². The van der Waals surface area contributed by atoms with Crippen molar-refractivity contribution in [3.05, 3.63) is 101 Å². The Kier molecular flexibility index (Phi) is 11.1. The van der Waals surface area contributed by atoms with E-state index in [1.807, 2.05) is 6.92 Å². The third-order valence-corrected chi connectivity index (χ3v) is 11.2. The van der Waals surface area contributed by atoms with Gasteiger partial charge in [-0.05, 0) is 64.5 Å². The maximum absolute atomic E-state index is 12.7. The van der Waals surface area contributed by atoms with Crippen molar-refractivity contribution >= 4 is 35.3 Å². The molecule has 0 spiro atoms. The Balaban J connectivity index is 1.12. The van der Waals surface area contributed by atoms with Crippen LogP contribution in [0.1, 0.15) is 35.3 Å². The minimum absolute atomic E-state index is 0.00109. The Morgan fingerprint density at radius 2 is 1.82 bits per heavy atom. The van der Waals surface area contributed by atoms with Gasteiger partial charge in [0.2, 0.25) is 12.0 Å². The molecule has 5 aliphatic rings. The van der Waals surface area contributed by atoms with Gasteiger partial charge in [0, 0.05) is 18.2 Å². The average Bonchev–Trinajstić information content (AvgIpc) is 3.94. The summed E-state index contributed by atoms with van der Waals surface area (Å²) in [5.41, 5.74) is -3.32. The predicted octanol–water partition coefficient (Wildman–Crippen LogP) is 0.221. The maximum atomic E-state index is 12.7. The second kappa shape index (κ2) is 16.3. The minimum atomic E-state index is -2.65. The predicted molar refractivity (Wildman–Crippen MR) is 218 cm³/mol. The van der Waals surface area contributed by atoms with Gasteiger partial charge < -0.3 is 69.6 Å². The molecule has 0 amide bonds. The molecule has 3 aromatic rings. The van der Waals surface area contributed by atoms with E-state index in [9.17, 15) is 50.8 Å². The molecule has 11 N–H and O–H groups in total. The van der Waals surface area contributed by atoms with Crippen LogP contribution in [-0.2, 0) is 22.6 Å². The molecule has 0 radical (unpaired) electrons. The summed E-state index contributed by atoms with van der Waals surface area (Å²) in [6.07, 6.45) is -1.38. The molecule has 4 aliphatic heterocycles. The molecular weight excluding hydrogens is 812 g/mol. The fourth-order valence-electron chi connectivity index (χ4n) is 8.01. The number of nitrogens with zero attached hydrogens (tertiary/aromatic N) is 3. The summed E-state index contributed by atoms with van der Waals surface area (Å²) in [6.45, 7) is 1.06. The molecule has 62 heavy (non-hydrogen) atoms. The van der Waals surface area contributed by atoms with Gasteiger partial charge in [-0.1, -0.05) is 31.2 Å². The molecule has 3 aromatic carbocycles. The van der Waals surface area contributed by atoms with Crippen molar-refractivity contribution in [2.75, 3.05) is 13.2 Å². The van der Waals surface area contributed by atoms with Gasteiger partial charge in [-0.25, -0.2) is 9.79 Å². The van der Waals surface area contributed by atoms with E-state index in [2.05, 4.69) is 15.0 Å². The highest BCUT2D eigenvalue weighted by molar-refractivity contribution is 6.15. The van der Waals surface area contributed by atoms with Crippen LogP contribution in [0.4, 0.5) is 0 Å². The number of carboxylic acids is 1. The first-order chi connectivity index (χ1) is 29.6. The van der Waals surface area contributed by atoms with E-state index in [1.165, 1.54) is 54.9 Å². The monoisotopic (exact) mass is 855 g/mol. The summed E-state index contributed by atoms with van der Waals surface area (Å²) in [7, 11) is 0. The second-order valence-corrected chi connectivity index (χ2v) is 15.2. The standard InChI is InChI=1S/C43H42N4O15/c1-2-20-11-21(13-23(49)12-20)18-58-37-31(61-41-42(56)10-9-25(27-16-45-19-46-27)43(57,40(42)55)38(62-41)39(53)54)15-30-34(36(37)52)28(50)14-29(60-30)22-3-5-24(6-4-22)59-32(17-48)35(51)26-7-8-33(44)47-26/h3-15,19,25,29,32,35,38,40-41,44,48-52,55-57H,2,16-18H2,1H3,(H,53,54)/p+1/t25-,29?,32+,35+,38+,40-,41+,42+,43+/m0/s1. The van der Waals surface area contributed by atoms with E-state index in [0.29, 0.717) is 17.5 Å². The van der Waals surface area contributed by atoms with E-state index < -0.39 is 89.5 Å². The van der Waals surface area contributed by atoms with Crippen LogP contribution in [0.15, 0.2) is 93.9 Å². The van der Waals surface area contributed by atoms with Crippen molar-refractivity contribution in [1.29, 1.82) is 0 Å². The fraction of sp³-hybridized carbons (Fsp3) is 0.326. The number of aliphatic hydroxyl groups excluding tert-OH is 4. The number of aliphatic carboxylic acids is 1. The molecule has 2 bridgehead atoms. The summed E-state index contributed by atoms with van der Waals surface area (Å²) >= 11 is 0. The number of hydrogen-bond donors (Lipinski definition) is 10. The molecule has 19 heteroatoms. The van der Waals surface area contributed by atoms with Crippen LogP contribution in [0, 0.1) is 5.92 Å². The molecule has 1 saturated heterocycles. The molecule has 9 atom stereocenters. The van der Waals surface area contributed by atoms with Gasteiger partial charge in [0.1, 0.15) is 59.3 Å². The highest BCUT2D eigenvalue weighted by atomic mass is 16.7. The Morgan fingerprint density at radius 3 is 2.48 bits per heavy atom. The van der Waals surface area contributed by atoms with Crippen LogP contribution in [0.2, 0.25) is 0 Å². The summed E-state index contributed by atoms with van der Waals surface area (Å²) in [6, 6.07) is 12.2. The number of aromatic hydroxyl groups is 2. The molecule has 4 heterocycles. The van der Waals surface area contributed by atoms with E-state index in [0.717, 1.165) is 11.6 Å². The van der Waals surface area contributed by atoms with Crippen LogP contribution in [0.3, 0.4) is 0 Å². The topological polar surface area (TPSA) is 308 Å². The number of carbonyl (C=O) groups is 1. The number of hydrogen-bond acceptors (Lipinski definition) is 16. The quantitative estimate of drug-likeness (QED) is 0.0971. The zero-order valence-corrected chi connectivity index (χ0v) is 32.8. The number of benzene rings is 3. The molecular formula is C43H43N4O15+. The van der Waals surface area contributed by atoms with E-state index in [-0.39, 0.29) is 53.2 Å². The molecule has 0 aromatic heterocycles. The van der Waals surface area contributed by atoms with Gasteiger partial charge in [-0.2, -0.15) is 0 Å². The lowest BCUT2D eigenvalue weighted by Gasteiger charge is -2.55. The van der Waals surface area contributed by atoms with E-state index in [4.69, 9.17) is 29.1 Å². The van der Waals surface area contributed by atoms with Gasteiger partial charge in [0.05, 0.1) is 24.8 Å². The highest BCUT2D eigenvalue weighted by Gasteiger charge is 2.70. The van der Waals surface area contributed by atoms with Crippen molar-refractivity contribution < 1.29 is 79.8 Å². The molecule has 1 unspecified atom stereocenters. The first kappa shape index (κ1) is 42.1. The highest BCUT2D eigenvalue weighted by Crippen LogP contribution is 2.53. The Bertz CT molecular complexity index is 2480. The molecule has 324 valence electrons. The minimum Gasteiger partial charge on any atom is -0.508 e. The first-order valence-electron chi connectivity index (χ1n) is 19.4. The van der Waals surface area contributed by atoms with Crippen LogP contribution in [-0.4, -0.2) is 131 Å². The van der Waals surface area contributed by atoms with E-state index in [1.54, 1.807) is 24.3 Å².